The van der Waals surface area contributed by atoms with E-state index < -0.39 is 11.7 Å². The molecule has 0 aromatic heterocycles. The lowest BCUT2D eigenvalue weighted by atomic mass is 10.0. The van der Waals surface area contributed by atoms with Crippen LogP contribution in [0.2, 0.25) is 0 Å². The zero-order valence-electron chi connectivity index (χ0n) is 10.3. The van der Waals surface area contributed by atoms with E-state index in [1.807, 2.05) is 0 Å². The van der Waals surface area contributed by atoms with Crippen molar-refractivity contribution >= 4 is 5.91 Å². The zero-order valence-corrected chi connectivity index (χ0v) is 10.3. The Labute approximate surface area is 109 Å². The van der Waals surface area contributed by atoms with Gasteiger partial charge >= 0.3 is 6.18 Å². The van der Waals surface area contributed by atoms with Crippen molar-refractivity contribution in [2.45, 2.75) is 12.6 Å². The predicted molar refractivity (Wildman–Crippen MR) is 64.6 cm³/mol. The van der Waals surface area contributed by atoms with Crippen LogP contribution in [0.3, 0.4) is 0 Å². The van der Waals surface area contributed by atoms with Crippen LogP contribution >= 0.6 is 0 Å². The van der Waals surface area contributed by atoms with Crippen molar-refractivity contribution in [1.29, 1.82) is 0 Å². The molecule has 2 rings (SSSR count). The molecule has 1 aromatic rings. The van der Waals surface area contributed by atoms with E-state index in [9.17, 15) is 18.0 Å². The van der Waals surface area contributed by atoms with E-state index in [1.165, 1.54) is 18.2 Å². The number of piperazine rings is 1. The molecule has 3 nitrogen and oxygen atoms in total. The first-order valence-electron chi connectivity index (χ1n) is 6.12. The summed E-state index contributed by atoms with van der Waals surface area (Å²) in [6.45, 7) is 2.47. The minimum absolute atomic E-state index is 0.0403. The van der Waals surface area contributed by atoms with Crippen molar-refractivity contribution < 1.29 is 18.0 Å². The van der Waals surface area contributed by atoms with Crippen LogP contribution in [0, 0.1) is 0 Å². The van der Waals surface area contributed by atoms with Crippen LogP contribution in [0.5, 0.6) is 0 Å². The molecule has 0 bridgehead atoms. The number of hydrogen-bond acceptors (Lipinski definition) is 2. The van der Waals surface area contributed by atoms with Gasteiger partial charge in [0.05, 0.1) is 12.0 Å². The normalized spacial score (nSPS) is 16.5. The summed E-state index contributed by atoms with van der Waals surface area (Å²) in [7, 11) is 0. The van der Waals surface area contributed by atoms with Crippen molar-refractivity contribution in [2.24, 2.45) is 0 Å². The summed E-state index contributed by atoms with van der Waals surface area (Å²) in [5.41, 5.74) is -0.683. The maximum atomic E-state index is 12.8. The molecule has 1 aromatic carbocycles. The third kappa shape index (κ3) is 3.47. The maximum absolute atomic E-state index is 12.8. The van der Waals surface area contributed by atoms with E-state index in [1.54, 1.807) is 4.90 Å². The van der Waals surface area contributed by atoms with E-state index in [0.29, 0.717) is 26.2 Å². The molecule has 0 unspecified atom stereocenters. The number of carbonyl (C=O) groups excluding carboxylic acids is 1. The number of nitrogens with one attached hydrogen (secondary N) is 1. The molecule has 0 saturated carbocycles. The highest BCUT2D eigenvalue weighted by Crippen LogP contribution is 2.32. The Balaban J connectivity index is 2.12. The largest absolute Gasteiger partial charge is 0.416 e. The average Bonchev–Trinajstić information content (AvgIpc) is 2.39. The van der Waals surface area contributed by atoms with Crippen LogP contribution in [0.25, 0.3) is 0 Å². The van der Waals surface area contributed by atoms with Gasteiger partial charge in [-0.2, -0.15) is 13.2 Å². The molecule has 0 radical (unpaired) electrons. The summed E-state index contributed by atoms with van der Waals surface area (Å²) >= 11 is 0. The number of amides is 1. The summed E-state index contributed by atoms with van der Waals surface area (Å²) in [5.74, 6) is -0.252. The number of carbonyl (C=O) groups is 1. The second-order valence-electron chi connectivity index (χ2n) is 4.46. The molecular formula is C13H15F3N2O. The Hall–Kier alpha value is -1.56. The molecule has 1 heterocycles. The van der Waals surface area contributed by atoms with Gasteiger partial charge in [0, 0.05) is 26.2 Å². The monoisotopic (exact) mass is 272 g/mol. The molecule has 1 N–H and O–H groups in total. The topological polar surface area (TPSA) is 32.3 Å². The SMILES string of the molecule is O=C(Cc1ccccc1C(F)(F)F)N1CCNCC1. The van der Waals surface area contributed by atoms with E-state index in [0.717, 1.165) is 6.07 Å². The molecule has 1 aliphatic rings. The van der Waals surface area contributed by atoms with E-state index in [-0.39, 0.29) is 17.9 Å². The van der Waals surface area contributed by atoms with Gasteiger partial charge in [0.25, 0.3) is 0 Å². The minimum atomic E-state index is -4.42. The van der Waals surface area contributed by atoms with Gasteiger partial charge in [0.1, 0.15) is 0 Å². The lowest BCUT2D eigenvalue weighted by molar-refractivity contribution is -0.138. The van der Waals surface area contributed by atoms with Gasteiger partial charge in [0.2, 0.25) is 5.91 Å². The summed E-state index contributed by atoms with van der Waals surface area (Å²) in [6, 6.07) is 5.24. The van der Waals surface area contributed by atoms with Gasteiger partial charge in [-0.3, -0.25) is 4.79 Å². The minimum Gasteiger partial charge on any atom is -0.340 e. The molecule has 19 heavy (non-hydrogen) atoms. The molecule has 1 amide bonds. The van der Waals surface area contributed by atoms with Gasteiger partial charge in [0.15, 0.2) is 0 Å². The van der Waals surface area contributed by atoms with Gasteiger partial charge in [-0.25, -0.2) is 0 Å². The average molecular weight is 272 g/mol. The van der Waals surface area contributed by atoms with E-state index >= 15 is 0 Å². The van der Waals surface area contributed by atoms with E-state index in [2.05, 4.69) is 5.32 Å². The standard InChI is InChI=1S/C13H15F3N2O/c14-13(15,16)11-4-2-1-3-10(11)9-12(19)18-7-5-17-6-8-18/h1-4,17H,5-9H2. The highest BCUT2D eigenvalue weighted by molar-refractivity contribution is 5.79. The van der Waals surface area contributed by atoms with Gasteiger partial charge in [-0.15, -0.1) is 0 Å². The summed E-state index contributed by atoms with van der Waals surface area (Å²) in [5, 5.41) is 3.10. The molecule has 0 aliphatic carbocycles. The fourth-order valence-electron chi connectivity index (χ4n) is 2.14. The summed E-state index contributed by atoms with van der Waals surface area (Å²) in [4.78, 5) is 13.6. The van der Waals surface area contributed by atoms with Crippen LogP contribution in [0.15, 0.2) is 24.3 Å². The molecule has 1 aliphatic heterocycles. The Morgan fingerprint density at radius 2 is 1.84 bits per heavy atom. The first-order chi connectivity index (χ1) is 8.98. The molecule has 0 atom stereocenters. The zero-order chi connectivity index (χ0) is 13.9. The van der Waals surface area contributed by atoms with Gasteiger partial charge in [-0.1, -0.05) is 18.2 Å². The fraction of sp³-hybridized carbons (Fsp3) is 0.462. The Morgan fingerprint density at radius 3 is 2.47 bits per heavy atom. The second kappa shape index (κ2) is 5.61. The first kappa shape index (κ1) is 13.9. The fourth-order valence-corrected chi connectivity index (χ4v) is 2.14. The molecular weight excluding hydrogens is 257 g/mol. The van der Waals surface area contributed by atoms with Crippen LogP contribution < -0.4 is 5.32 Å². The van der Waals surface area contributed by atoms with Crippen LogP contribution in [-0.4, -0.2) is 37.0 Å². The van der Waals surface area contributed by atoms with Crippen molar-refractivity contribution in [3.05, 3.63) is 35.4 Å². The van der Waals surface area contributed by atoms with Crippen LogP contribution in [0.1, 0.15) is 11.1 Å². The lowest BCUT2D eigenvalue weighted by Gasteiger charge is -2.27. The molecule has 104 valence electrons. The third-order valence-electron chi connectivity index (χ3n) is 3.13. The van der Waals surface area contributed by atoms with Crippen LogP contribution in [-0.2, 0) is 17.4 Å². The number of benzene rings is 1. The Morgan fingerprint density at radius 1 is 1.21 bits per heavy atom. The number of nitrogens with zero attached hydrogens (tertiary/aromatic N) is 1. The number of rotatable bonds is 2. The molecule has 1 fully saturated rings. The van der Waals surface area contributed by atoms with Crippen molar-refractivity contribution in [3.63, 3.8) is 0 Å². The molecule has 6 heteroatoms. The summed E-state index contributed by atoms with van der Waals surface area (Å²) < 4.78 is 38.4. The van der Waals surface area contributed by atoms with Crippen molar-refractivity contribution in [3.8, 4) is 0 Å². The van der Waals surface area contributed by atoms with Crippen LogP contribution in [0.4, 0.5) is 13.2 Å². The first-order valence-corrected chi connectivity index (χ1v) is 6.12. The van der Waals surface area contributed by atoms with Crippen molar-refractivity contribution in [2.75, 3.05) is 26.2 Å². The van der Waals surface area contributed by atoms with Gasteiger partial charge < -0.3 is 10.2 Å². The maximum Gasteiger partial charge on any atom is 0.416 e. The number of halogens is 3. The second-order valence-corrected chi connectivity index (χ2v) is 4.46. The van der Waals surface area contributed by atoms with Crippen molar-refractivity contribution in [1.82, 2.24) is 10.2 Å². The number of alkyl halides is 3. The highest BCUT2D eigenvalue weighted by Gasteiger charge is 2.33. The number of hydrogen-bond donors (Lipinski definition) is 1. The highest BCUT2D eigenvalue weighted by atomic mass is 19.4. The molecule has 0 spiro atoms. The third-order valence-corrected chi connectivity index (χ3v) is 3.13. The lowest BCUT2D eigenvalue weighted by Crippen LogP contribution is -2.47. The van der Waals surface area contributed by atoms with Gasteiger partial charge in [-0.05, 0) is 11.6 Å². The Bertz CT molecular complexity index is 453. The predicted octanol–water partition coefficient (Wildman–Crippen LogP) is 1.68. The summed E-state index contributed by atoms with van der Waals surface area (Å²) in [6.07, 6.45) is -4.62. The van der Waals surface area contributed by atoms with E-state index in [4.69, 9.17) is 0 Å². The molecule has 1 saturated heterocycles. The Kier molecular flexibility index (Phi) is 4.09. The quantitative estimate of drug-likeness (QED) is 0.888. The smallest absolute Gasteiger partial charge is 0.340 e.